The molecule has 2 atom stereocenters. The molecule has 0 unspecified atom stereocenters. The van der Waals surface area contributed by atoms with Crippen LogP contribution < -0.4 is 15.5 Å². The second kappa shape index (κ2) is 8.23. The van der Waals surface area contributed by atoms with E-state index >= 15 is 0 Å². The number of carbonyl (C=O) groups excluding carboxylic acids is 1. The third-order valence-electron chi connectivity index (χ3n) is 6.87. The molecule has 1 saturated heterocycles. The quantitative estimate of drug-likeness (QED) is 0.725. The molecular formula is C24H28FN3OS. The minimum atomic E-state index is -0.292. The van der Waals surface area contributed by atoms with Gasteiger partial charge in [-0.05, 0) is 73.9 Å². The van der Waals surface area contributed by atoms with Crippen molar-refractivity contribution in [3.05, 3.63) is 53.8 Å². The van der Waals surface area contributed by atoms with E-state index in [2.05, 4.69) is 33.7 Å². The number of anilines is 2. The molecular weight excluding hydrogens is 397 g/mol. The molecule has 5 rings (SSSR count). The normalized spacial score (nSPS) is 24.7. The zero-order valence-electron chi connectivity index (χ0n) is 17.1. The number of benzene rings is 2. The summed E-state index contributed by atoms with van der Waals surface area (Å²) in [5.74, 6) is 1.37. The number of carbonyl (C=O) groups is 1. The van der Waals surface area contributed by atoms with Gasteiger partial charge in [-0.2, -0.15) is 0 Å². The highest BCUT2D eigenvalue weighted by atomic mass is 32.2. The molecule has 0 bridgehead atoms. The molecule has 0 radical (unpaired) electrons. The molecule has 6 heteroatoms. The first kappa shape index (κ1) is 19.9. The zero-order valence-corrected chi connectivity index (χ0v) is 17.9. The SMILES string of the molecule is O=C(CCC[C@]12CCNC[C@H]1c1cccc3c1N2CCCS3)Nc1ccc(F)cc1. The van der Waals surface area contributed by atoms with Gasteiger partial charge >= 0.3 is 0 Å². The minimum Gasteiger partial charge on any atom is -0.364 e. The van der Waals surface area contributed by atoms with E-state index in [1.54, 1.807) is 12.1 Å². The Hall–Kier alpha value is -2.05. The summed E-state index contributed by atoms with van der Waals surface area (Å²) in [4.78, 5) is 16.6. The van der Waals surface area contributed by atoms with Crippen LogP contribution in [0, 0.1) is 5.82 Å². The summed E-state index contributed by atoms with van der Waals surface area (Å²) in [6.07, 6.45) is 4.69. The summed E-state index contributed by atoms with van der Waals surface area (Å²) in [5, 5.41) is 6.52. The van der Waals surface area contributed by atoms with Gasteiger partial charge in [0.2, 0.25) is 5.91 Å². The van der Waals surface area contributed by atoms with Crippen molar-refractivity contribution < 1.29 is 9.18 Å². The van der Waals surface area contributed by atoms with Crippen molar-refractivity contribution in [2.45, 2.75) is 48.5 Å². The van der Waals surface area contributed by atoms with E-state index in [4.69, 9.17) is 0 Å². The van der Waals surface area contributed by atoms with Gasteiger partial charge in [0.25, 0.3) is 0 Å². The van der Waals surface area contributed by atoms with E-state index in [9.17, 15) is 9.18 Å². The number of rotatable bonds is 5. The molecule has 2 aromatic carbocycles. The number of halogens is 1. The van der Waals surface area contributed by atoms with E-state index in [1.165, 1.54) is 40.5 Å². The average molecular weight is 426 g/mol. The molecule has 3 aliphatic rings. The summed E-state index contributed by atoms with van der Waals surface area (Å²) in [6, 6.07) is 12.8. The highest BCUT2D eigenvalue weighted by Crippen LogP contribution is 2.56. The third kappa shape index (κ3) is 3.50. The smallest absolute Gasteiger partial charge is 0.224 e. The first-order valence-electron chi connectivity index (χ1n) is 11.0. The fraction of sp³-hybridized carbons (Fsp3) is 0.458. The van der Waals surface area contributed by atoms with Gasteiger partial charge in [-0.3, -0.25) is 4.79 Å². The lowest BCUT2D eigenvalue weighted by Crippen LogP contribution is -2.56. The van der Waals surface area contributed by atoms with Crippen LogP contribution in [0.2, 0.25) is 0 Å². The van der Waals surface area contributed by atoms with E-state index in [-0.39, 0.29) is 17.3 Å². The zero-order chi connectivity index (χ0) is 20.6. The van der Waals surface area contributed by atoms with Crippen LogP contribution in [-0.4, -0.2) is 36.8 Å². The van der Waals surface area contributed by atoms with Gasteiger partial charge in [0, 0.05) is 41.6 Å². The predicted octanol–water partition coefficient (Wildman–Crippen LogP) is 4.77. The molecule has 2 N–H and O–H groups in total. The molecule has 30 heavy (non-hydrogen) atoms. The summed E-state index contributed by atoms with van der Waals surface area (Å²) >= 11 is 1.99. The number of nitrogens with zero attached hydrogens (tertiary/aromatic N) is 1. The Balaban J connectivity index is 1.32. The third-order valence-corrected chi connectivity index (χ3v) is 8.00. The highest BCUT2D eigenvalue weighted by molar-refractivity contribution is 7.99. The van der Waals surface area contributed by atoms with Crippen LogP contribution in [0.25, 0.3) is 0 Å². The fourth-order valence-corrected chi connectivity index (χ4v) is 6.60. The van der Waals surface area contributed by atoms with Gasteiger partial charge < -0.3 is 15.5 Å². The molecule has 2 aromatic rings. The Morgan fingerprint density at radius 2 is 2.13 bits per heavy atom. The number of amides is 1. The number of piperidine rings is 1. The number of hydrogen-bond acceptors (Lipinski definition) is 4. The highest BCUT2D eigenvalue weighted by Gasteiger charge is 2.52. The maximum Gasteiger partial charge on any atom is 0.224 e. The summed E-state index contributed by atoms with van der Waals surface area (Å²) in [6.45, 7) is 3.15. The van der Waals surface area contributed by atoms with E-state index in [0.29, 0.717) is 18.0 Å². The van der Waals surface area contributed by atoms with Crippen LogP contribution in [0.15, 0.2) is 47.4 Å². The van der Waals surface area contributed by atoms with Crippen LogP contribution in [-0.2, 0) is 4.79 Å². The summed E-state index contributed by atoms with van der Waals surface area (Å²) in [5.41, 5.74) is 3.72. The van der Waals surface area contributed by atoms with Crippen LogP contribution in [0.3, 0.4) is 0 Å². The van der Waals surface area contributed by atoms with Crippen molar-refractivity contribution in [1.29, 1.82) is 0 Å². The predicted molar refractivity (Wildman–Crippen MR) is 121 cm³/mol. The standard InChI is InChI=1S/C24H28FN3OS/c25-17-7-9-18(10-8-17)27-22(29)6-2-11-24-12-13-26-16-20(24)19-4-1-5-21-23(19)28(24)14-3-15-30-21/h1,4-5,7-10,20,26H,2-3,6,11-16H2,(H,27,29)/t20-,24-/m0/s1. The summed E-state index contributed by atoms with van der Waals surface area (Å²) < 4.78 is 13.1. The molecule has 0 spiro atoms. The first-order valence-corrected chi connectivity index (χ1v) is 12.0. The lowest BCUT2D eigenvalue weighted by molar-refractivity contribution is -0.116. The van der Waals surface area contributed by atoms with Crippen molar-refractivity contribution in [3.8, 4) is 0 Å². The van der Waals surface area contributed by atoms with Crippen LogP contribution in [0.5, 0.6) is 0 Å². The average Bonchev–Trinajstić information content (AvgIpc) is 2.87. The minimum absolute atomic E-state index is 0.00566. The Kier molecular flexibility index (Phi) is 5.46. The molecule has 0 saturated carbocycles. The Morgan fingerprint density at radius 1 is 1.27 bits per heavy atom. The molecule has 1 amide bonds. The monoisotopic (exact) mass is 425 g/mol. The second-order valence-electron chi connectivity index (χ2n) is 8.57. The number of fused-ring (bicyclic) bond motifs is 3. The molecule has 4 nitrogen and oxygen atoms in total. The van der Waals surface area contributed by atoms with Gasteiger partial charge in [0.15, 0.2) is 0 Å². The van der Waals surface area contributed by atoms with E-state index in [0.717, 1.165) is 38.9 Å². The van der Waals surface area contributed by atoms with Gasteiger partial charge in [-0.25, -0.2) is 4.39 Å². The number of thioether (sulfide) groups is 1. The van der Waals surface area contributed by atoms with Gasteiger partial charge in [0.1, 0.15) is 5.82 Å². The summed E-state index contributed by atoms with van der Waals surface area (Å²) in [7, 11) is 0. The topological polar surface area (TPSA) is 44.4 Å². The van der Waals surface area contributed by atoms with Gasteiger partial charge in [0.05, 0.1) is 5.69 Å². The van der Waals surface area contributed by atoms with Crippen molar-refractivity contribution in [3.63, 3.8) is 0 Å². The van der Waals surface area contributed by atoms with Crippen LogP contribution in [0.4, 0.5) is 15.8 Å². The Bertz CT molecular complexity index is 935. The van der Waals surface area contributed by atoms with Crippen molar-refractivity contribution in [1.82, 2.24) is 5.32 Å². The van der Waals surface area contributed by atoms with E-state index < -0.39 is 0 Å². The number of nitrogens with one attached hydrogen (secondary N) is 2. The lowest BCUT2D eigenvalue weighted by Gasteiger charge is -2.47. The molecule has 158 valence electrons. The number of para-hydroxylation sites is 1. The number of hydrogen-bond donors (Lipinski definition) is 2. The second-order valence-corrected chi connectivity index (χ2v) is 9.70. The molecule has 3 heterocycles. The molecule has 3 aliphatic heterocycles. The first-order chi connectivity index (χ1) is 14.7. The largest absolute Gasteiger partial charge is 0.364 e. The van der Waals surface area contributed by atoms with Crippen molar-refractivity contribution >= 4 is 29.0 Å². The van der Waals surface area contributed by atoms with Crippen LogP contribution in [0.1, 0.15) is 43.6 Å². The maximum absolute atomic E-state index is 13.1. The van der Waals surface area contributed by atoms with Gasteiger partial charge in [-0.1, -0.05) is 12.1 Å². The fourth-order valence-electron chi connectivity index (χ4n) is 5.57. The van der Waals surface area contributed by atoms with Gasteiger partial charge in [-0.15, -0.1) is 11.8 Å². The van der Waals surface area contributed by atoms with E-state index in [1.807, 2.05) is 11.8 Å². The Morgan fingerprint density at radius 3 is 3.00 bits per heavy atom. The van der Waals surface area contributed by atoms with Crippen molar-refractivity contribution in [2.24, 2.45) is 0 Å². The molecule has 0 aliphatic carbocycles. The Labute approximate surface area is 181 Å². The van der Waals surface area contributed by atoms with Crippen molar-refractivity contribution in [2.75, 3.05) is 35.6 Å². The lowest BCUT2D eigenvalue weighted by atomic mass is 9.74. The van der Waals surface area contributed by atoms with Crippen LogP contribution >= 0.6 is 11.8 Å². The molecule has 0 aromatic heterocycles. The maximum atomic E-state index is 13.1. The molecule has 1 fully saturated rings.